The first kappa shape index (κ1) is 18.3. The van der Waals surface area contributed by atoms with Crippen molar-refractivity contribution in [2.75, 3.05) is 19.6 Å². The standard InChI is InChI=1S/C21H18N4O5/c26-17(8-3-9-25-20(27)14-5-1-2-6-15(14)21(25)28)24-11-13(12-24)19-22-18(23-30-19)16-7-4-10-29-16/h1-2,4-7,10,13H,3,8-9,11-12H2. The highest BCUT2D eigenvalue weighted by Crippen LogP contribution is 2.28. The van der Waals surface area contributed by atoms with Gasteiger partial charge in [0.05, 0.1) is 23.3 Å². The molecular weight excluding hydrogens is 388 g/mol. The molecule has 0 N–H and O–H groups in total. The number of nitrogens with zero attached hydrogens (tertiary/aromatic N) is 4. The van der Waals surface area contributed by atoms with E-state index in [2.05, 4.69) is 10.1 Å². The fraction of sp³-hybridized carbons (Fsp3) is 0.286. The van der Waals surface area contributed by atoms with Gasteiger partial charge in [0.2, 0.25) is 17.6 Å². The van der Waals surface area contributed by atoms with Crippen LogP contribution in [0.3, 0.4) is 0 Å². The Kier molecular flexibility index (Phi) is 4.42. The van der Waals surface area contributed by atoms with E-state index in [0.29, 0.717) is 48.1 Å². The lowest BCUT2D eigenvalue weighted by atomic mass is 9.99. The fourth-order valence-electron chi connectivity index (χ4n) is 3.73. The first-order chi connectivity index (χ1) is 14.6. The van der Waals surface area contributed by atoms with E-state index in [4.69, 9.17) is 8.94 Å². The van der Waals surface area contributed by atoms with Crippen molar-refractivity contribution in [3.05, 3.63) is 59.7 Å². The Labute approximate surface area is 171 Å². The number of carbonyl (C=O) groups excluding carboxylic acids is 3. The number of furan rings is 1. The molecule has 2 aliphatic rings. The molecule has 30 heavy (non-hydrogen) atoms. The molecule has 1 fully saturated rings. The number of hydrogen-bond donors (Lipinski definition) is 0. The number of aromatic nitrogens is 2. The Morgan fingerprint density at radius 3 is 2.47 bits per heavy atom. The Morgan fingerprint density at radius 2 is 1.80 bits per heavy atom. The Hall–Kier alpha value is -3.75. The third-order valence-corrected chi connectivity index (χ3v) is 5.42. The number of hydrogen-bond acceptors (Lipinski definition) is 7. The van der Waals surface area contributed by atoms with Gasteiger partial charge in [0.15, 0.2) is 5.76 Å². The van der Waals surface area contributed by atoms with Gasteiger partial charge in [0, 0.05) is 26.1 Å². The van der Waals surface area contributed by atoms with E-state index in [-0.39, 0.29) is 36.6 Å². The molecule has 9 nitrogen and oxygen atoms in total. The Balaban J connectivity index is 1.10. The fourth-order valence-corrected chi connectivity index (χ4v) is 3.73. The molecule has 4 heterocycles. The van der Waals surface area contributed by atoms with Gasteiger partial charge >= 0.3 is 0 Å². The predicted molar refractivity (Wildman–Crippen MR) is 102 cm³/mol. The van der Waals surface area contributed by atoms with Gasteiger partial charge < -0.3 is 13.8 Å². The van der Waals surface area contributed by atoms with Crippen molar-refractivity contribution in [2.45, 2.75) is 18.8 Å². The minimum atomic E-state index is -0.296. The van der Waals surface area contributed by atoms with Gasteiger partial charge in [0.25, 0.3) is 11.8 Å². The lowest BCUT2D eigenvalue weighted by Gasteiger charge is -2.37. The summed E-state index contributed by atoms with van der Waals surface area (Å²) in [7, 11) is 0. The monoisotopic (exact) mass is 406 g/mol. The van der Waals surface area contributed by atoms with Crippen LogP contribution in [-0.2, 0) is 4.79 Å². The molecule has 2 aromatic heterocycles. The normalized spacial score (nSPS) is 16.1. The van der Waals surface area contributed by atoms with Crippen LogP contribution in [-0.4, -0.2) is 57.3 Å². The molecule has 2 aliphatic heterocycles. The van der Waals surface area contributed by atoms with E-state index in [1.54, 1.807) is 41.3 Å². The van der Waals surface area contributed by atoms with Crippen molar-refractivity contribution in [3.63, 3.8) is 0 Å². The van der Waals surface area contributed by atoms with Gasteiger partial charge in [-0.1, -0.05) is 17.3 Å². The van der Waals surface area contributed by atoms with Gasteiger partial charge in [-0.25, -0.2) is 0 Å². The van der Waals surface area contributed by atoms with Crippen LogP contribution >= 0.6 is 0 Å². The van der Waals surface area contributed by atoms with Crippen molar-refractivity contribution in [1.82, 2.24) is 19.9 Å². The summed E-state index contributed by atoms with van der Waals surface area (Å²) in [6.07, 6.45) is 2.23. The summed E-state index contributed by atoms with van der Waals surface area (Å²) in [5, 5.41) is 3.90. The highest BCUT2D eigenvalue weighted by atomic mass is 16.5. The number of likely N-dealkylation sites (tertiary alicyclic amines) is 1. The first-order valence-electron chi connectivity index (χ1n) is 9.72. The molecule has 0 unspecified atom stereocenters. The predicted octanol–water partition coefficient (Wildman–Crippen LogP) is 2.33. The van der Waals surface area contributed by atoms with E-state index in [9.17, 15) is 14.4 Å². The van der Waals surface area contributed by atoms with E-state index >= 15 is 0 Å². The minimum absolute atomic E-state index is 0.00130. The van der Waals surface area contributed by atoms with Crippen molar-refractivity contribution < 1.29 is 23.3 Å². The average Bonchev–Trinajstić information content (AvgIpc) is 3.44. The van der Waals surface area contributed by atoms with Crippen molar-refractivity contribution >= 4 is 17.7 Å². The maximum atomic E-state index is 12.4. The molecule has 9 heteroatoms. The van der Waals surface area contributed by atoms with E-state index < -0.39 is 0 Å². The molecule has 3 amide bonds. The third kappa shape index (κ3) is 3.08. The topological polar surface area (TPSA) is 110 Å². The molecule has 0 atom stereocenters. The van der Waals surface area contributed by atoms with Crippen LogP contribution in [0.1, 0.15) is 45.4 Å². The maximum Gasteiger partial charge on any atom is 0.261 e. The second-order valence-corrected chi connectivity index (χ2v) is 7.34. The van der Waals surface area contributed by atoms with Crippen LogP contribution in [0.2, 0.25) is 0 Å². The molecule has 0 aliphatic carbocycles. The summed E-state index contributed by atoms with van der Waals surface area (Å²) in [6.45, 7) is 1.24. The van der Waals surface area contributed by atoms with Crippen LogP contribution in [0, 0.1) is 0 Å². The third-order valence-electron chi connectivity index (χ3n) is 5.42. The van der Waals surface area contributed by atoms with Crippen molar-refractivity contribution in [3.8, 4) is 11.6 Å². The molecular formula is C21H18N4O5. The van der Waals surface area contributed by atoms with E-state index in [1.807, 2.05) is 0 Å². The molecule has 0 spiro atoms. The van der Waals surface area contributed by atoms with E-state index in [1.165, 1.54) is 11.2 Å². The number of fused-ring (bicyclic) bond motifs is 1. The summed E-state index contributed by atoms with van der Waals surface area (Å²) in [6, 6.07) is 10.3. The van der Waals surface area contributed by atoms with Crippen LogP contribution in [0.5, 0.6) is 0 Å². The molecule has 1 saturated heterocycles. The zero-order chi connectivity index (χ0) is 20.7. The van der Waals surface area contributed by atoms with Gasteiger partial charge in [-0.15, -0.1) is 0 Å². The van der Waals surface area contributed by atoms with Crippen LogP contribution in [0.15, 0.2) is 51.6 Å². The van der Waals surface area contributed by atoms with Crippen LogP contribution < -0.4 is 0 Å². The smallest absolute Gasteiger partial charge is 0.261 e. The molecule has 3 aromatic rings. The van der Waals surface area contributed by atoms with E-state index in [0.717, 1.165) is 0 Å². The number of carbonyl (C=O) groups is 3. The summed E-state index contributed by atoms with van der Waals surface area (Å²) >= 11 is 0. The van der Waals surface area contributed by atoms with Crippen LogP contribution in [0.25, 0.3) is 11.6 Å². The SMILES string of the molecule is O=C(CCCN1C(=O)c2ccccc2C1=O)N1CC(c2nc(-c3ccco3)no2)C1. The van der Waals surface area contributed by atoms with Crippen LogP contribution in [0.4, 0.5) is 0 Å². The number of benzene rings is 1. The molecule has 0 saturated carbocycles. The van der Waals surface area contributed by atoms with Gasteiger partial charge in [-0.3, -0.25) is 19.3 Å². The molecule has 152 valence electrons. The minimum Gasteiger partial charge on any atom is -0.461 e. The first-order valence-corrected chi connectivity index (χ1v) is 9.72. The maximum absolute atomic E-state index is 12.4. The summed E-state index contributed by atoms with van der Waals surface area (Å²) in [5.74, 6) is 0.796. The average molecular weight is 406 g/mol. The number of rotatable bonds is 6. The number of imide groups is 1. The summed E-state index contributed by atoms with van der Waals surface area (Å²) in [5.41, 5.74) is 0.848. The highest BCUT2D eigenvalue weighted by Gasteiger charge is 2.37. The highest BCUT2D eigenvalue weighted by molar-refractivity contribution is 6.21. The van der Waals surface area contributed by atoms with Gasteiger partial charge in [0.1, 0.15) is 0 Å². The summed E-state index contributed by atoms with van der Waals surface area (Å²) < 4.78 is 10.5. The largest absolute Gasteiger partial charge is 0.461 e. The zero-order valence-electron chi connectivity index (χ0n) is 16.0. The van der Waals surface area contributed by atoms with Gasteiger partial charge in [-0.2, -0.15) is 4.98 Å². The molecule has 5 rings (SSSR count). The lowest BCUT2D eigenvalue weighted by molar-refractivity contribution is -0.136. The second kappa shape index (κ2) is 7.25. The Morgan fingerprint density at radius 1 is 1.07 bits per heavy atom. The zero-order valence-corrected chi connectivity index (χ0v) is 16.0. The van der Waals surface area contributed by atoms with Crippen molar-refractivity contribution in [2.24, 2.45) is 0 Å². The number of amides is 3. The quantitative estimate of drug-likeness (QED) is 0.578. The summed E-state index contributed by atoms with van der Waals surface area (Å²) in [4.78, 5) is 44.4. The molecule has 0 bridgehead atoms. The Bertz CT molecular complexity index is 1080. The second-order valence-electron chi connectivity index (χ2n) is 7.34. The lowest BCUT2D eigenvalue weighted by Crippen LogP contribution is -2.48. The van der Waals surface area contributed by atoms with Gasteiger partial charge in [-0.05, 0) is 30.7 Å². The molecule has 0 radical (unpaired) electrons. The van der Waals surface area contributed by atoms with Crippen molar-refractivity contribution in [1.29, 1.82) is 0 Å². The molecule has 1 aromatic carbocycles.